The Kier molecular flexibility index (Phi) is 6.40. The fraction of sp³-hybridized carbons (Fsp3) is 0.692. The van der Waals surface area contributed by atoms with E-state index in [0.717, 1.165) is 6.42 Å². The van der Waals surface area contributed by atoms with Gasteiger partial charge in [-0.05, 0) is 26.0 Å². The van der Waals surface area contributed by atoms with Gasteiger partial charge < -0.3 is 10.1 Å². The minimum Gasteiger partial charge on any atom is -0.380 e. The van der Waals surface area contributed by atoms with Crippen LogP contribution in [0.5, 0.6) is 0 Å². The molecule has 1 aromatic heterocycles. The Morgan fingerprint density at radius 3 is 2.75 bits per heavy atom. The molecule has 11 heteroatoms. The maximum atomic E-state index is 12.8. The van der Waals surface area contributed by atoms with Crippen molar-refractivity contribution in [3.8, 4) is 0 Å². The lowest BCUT2D eigenvalue weighted by atomic mass is 10.1. The van der Waals surface area contributed by atoms with Crippen LogP contribution in [0.25, 0.3) is 0 Å². The largest absolute Gasteiger partial charge is 0.380 e. The van der Waals surface area contributed by atoms with E-state index < -0.39 is 20.0 Å². The molecule has 24 heavy (non-hydrogen) atoms. The molecule has 0 amide bonds. The molecule has 2 rings (SSSR count). The van der Waals surface area contributed by atoms with E-state index in [1.807, 2.05) is 13.8 Å². The predicted octanol–water partition coefficient (Wildman–Crippen LogP) is 0.477. The van der Waals surface area contributed by atoms with Gasteiger partial charge in [0.1, 0.15) is 8.42 Å². The highest BCUT2D eigenvalue weighted by atomic mass is 32.3. The van der Waals surface area contributed by atoms with Gasteiger partial charge in [0, 0.05) is 31.3 Å². The standard InChI is InChI=1S/C13H23N3O5S3/c1-3-5-15-11-9-16(6-7-21-4-2)24(19,20)13-10(11)8-12(22-13)23(14,17)18/h8,11,15H,3-7,9H2,1-2H3,(H2,14,17,18)/t11-/m0/s1. The van der Waals surface area contributed by atoms with Gasteiger partial charge in [-0.3, -0.25) is 0 Å². The van der Waals surface area contributed by atoms with E-state index in [2.05, 4.69) is 5.32 Å². The van der Waals surface area contributed by atoms with E-state index >= 15 is 0 Å². The number of nitrogens with two attached hydrogens (primary N) is 1. The molecule has 138 valence electrons. The van der Waals surface area contributed by atoms with Crippen LogP contribution in [0.2, 0.25) is 0 Å². The van der Waals surface area contributed by atoms with Crippen LogP contribution in [0.15, 0.2) is 14.5 Å². The lowest BCUT2D eigenvalue weighted by molar-refractivity contribution is 0.131. The van der Waals surface area contributed by atoms with Crippen LogP contribution >= 0.6 is 11.3 Å². The molecule has 0 bridgehead atoms. The van der Waals surface area contributed by atoms with Crippen molar-refractivity contribution >= 4 is 31.4 Å². The van der Waals surface area contributed by atoms with Crippen molar-refractivity contribution in [2.24, 2.45) is 5.14 Å². The number of nitrogens with zero attached hydrogens (tertiary/aromatic N) is 1. The molecule has 0 spiro atoms. The lowest BCUT2D eigenvalue weighted by Gasteiger charge is -2.32. The van der Waals surface area contributed by atoms with Crippen LogP contribution in [-0.2, 0) is 24.8 Å². The Morgan fingerprint density at radius 1 is 1.46 bits per heavy atom. The molecule has 1 aliphatic heterocycles. The monoisotopic (exact) mass is 397 g/mol. The quantitative estimate of drug-likeness (QED) is 0.616. The molecule has 1 aromatic rings. The summed E-state index contributed by atoms with van der Waals surface area (Å²) < 4.78 is 55.3. The second-order valence-corrected chi connectivity index (χ2v) is 10.4. The molecule has 3 N–H and O–H groups in total. The predicted molar refractivity (Wildman–Crippen MR) is 92.0 cm³/mol. The zero-order chi connectivity index (χ0) is 18.0. The van der Waals surface area contributed by atoms with Gasteiger partial charge in [-0.15, -0.1) is 11.3 Å². The molecular formula is C13H23N3O5S3. The third kappa shape index (κ3) is 4.15. The lowest BCUT2D eigenvalue weighted by Crippen LogP contribution is -2.44. The molecular weight excluding hydrogens is 374 g/mol. The number of rotatable bonds is 8. The number of sulfonamides is 2. The summed E-state index contributed by atoms with van der Waals surface area (Å²) in [7, 11) is -7.70. The molecule has 8 nitrogen and oxygen atoms in total. The normalized spacial score (nSPS) is 20.9. The summed E-state index contributed by atoms with van der Waals surface area (Å²) in [4.78, 5) is 0. The Bertz CT molecular complexity index is 773. The van der Waals surface area contributed by atoms with Gasteiger partial charge in [-0.2, -0.15) is 4.31 Å². The van der Waals surface area contributed by atoms with Gasteiger partial charge in [0.25, 0.3) is 10.0 Å². The van der Waals surface area contributed by atoms with Crippen LogP contribution in [0, 0.1) is 0 Å². The summed E-state index contributed by atoms with van der Waals surface area (Å²) in [5.74, 6) is 0. The van der Waals surface area contributed by atoms with Crippen molar-refractivity contribution < 1.29 is 21.6 Å². The molecule has 0 aliphatic carbocycles. The minimum absolute atomic E-state index is 0.0443. The summed E-state index contributed by atoms with van der Waals surface area (Å²) in [5, 5.41) is 8.44. The Morgan fingerprint density at radius 2 is 2.17 bits per heavy atom. The zero-order valence-corrected chi connectivity index (χ0v) is 16.1. The topological polar surface area (TPSA) is 119 Å². The summed E-state index contributed by atoms with van der Waals surface area (Å²) in [5.41, 5.74) is 0.477. The van der Waals surface area contributed by atoms with Gasteiger partial charge in [0.2, 0.25) is 10.0 Å². The van der Waals surface area contributed by atoms with Crippen molar-refractivity contribution in [1.29, 1.82) is 0 Å². The zero-order valence-electron chi connectivity index (χ0n) is 13.7. The fourth-order valence-corrected chi connectivity index (χ4v) is 6.74. The molecule has 1 aliphatic rings. The average molecular weight is 398 g/mol. The van der Waals surface area contributed by atoms with Gasteiger partial charge >= 0.3 is 0 Å². The fourth-order valence-electron chi connectivity index (χ4n) is 2.48. The van der Waals surface area contributed by atoms with Crippen molar-refractivity contribution in [1.82, 2.24) is 9.62 Å². The number of fused-ring (bicyclic) bond motifs is 1. The number of ether oxygens (including phenoxy) is 1. The molecule has 1 atom stereocenters. The van der Waals surface area contributed by atoms with Gasteiger partial charge in [0.15, 0.2) is 0 Å². The highest BCUT2D eigenvalue weighted by Gasteiger charge is 2.39. The molecule has 0 fully saturated rings. The Balaban J connectivity index is 2.42. The smallest absolute Gasteiger partial charge is 0.253 e. The Hall–Kier alpha value is -0.560. The van der Waals surface area contributed by atoms with Crippen LogP contribution in [0.4, 0.5) is 0 Å². The first kappa shape index (κ1) is 19.8. The second kappa shape index (κ2) is 7.77. The average Bonchev–Trinajstić information content (AvgIpc) is 2.95. The van der Waals surface area contributed by atoms with Crippen LogP contribution < -0.4 is 10.5 Å². The van der Waals surface area contributed by atoms with Gasteiger partial charge in [0.05, 0.1) is 6.61 Å². The minimum atomic E-state index is -3.95. The summed E-state index contributed by atoms with van der Waals surface area (Å²) in [6, 6.07) is 1.11. The van der Waals surface area contributed by atoms with Crippen molar-refractivity contribution in [2.45, 2.75) is 34.7 Å². The van der Waals surface area contributed by atoms with Crippen molar-refractivity contribution in [2.75, 3.05) is 32.8 Å². The Labute approximate surface area is 147 Å². The molecule has 0 radical (unpaired) electrons. The van der Waals surface area contributed by atoms with Crippen molar-refractivity contribution in [3.05, 3.63) is 11.6 Å². The first-order valence-corrected chi connectivity index (χ1v) is 11.5. The third-order valence-electron chi connectivity index (χ3n) is 3.65. The van der Waals surface area contributed by atoms with Crippen molar-refractivity contribution in [3.63, 3.8) is 0 Å². The molecule has 2 heterocycles. The highest BCUT2D eigenvalue weighted by molar-refractivity contribution is 7.94. The number of nitrogens with one attached hydrogen (secondary N) is 1. The summed E-state index contributed by atoms with van der Waals surface area (Å²) >= 11 is 0.706. The van der Waals surface area contributed by atoms with Gasteiger partial charge in [-0.1, -0.05) is 6.92 Å². The van der Waals surface area contributed by atoms with Crippen LogP contribution in [-0.4, -0.2) is 54.0 Å². The van der Waals surface area contributed by atoms with E-state index in [1.54, 1.807) is 0 Å². The van der Waals surface area contributed by atoms with E-state index in [1.165, 1.54) is 10.4 Å². The number of hydrogen-bond donors (Lipinski definition) is 2. The first-order chi connectivity index (χ1) is 11.2. The molecule has 0 saturated carbocycles. The summed E-state index contributed by atoms with van der Waals surface area (Å²) in [6.45, 7) is 5.80. The third-order valence-corrected chi connectivity index (χ3v) is 8.61. The first-order valence-electron chi connectivity index (χ1n) is 7.69. The molecule has 0 saturated heterocycles. The van der Waals surface area contributed by atoms with Crippen LogP contribution in [0.3, 0.4) is 0 Å². The SMILES string of the molecule is CCCN[C@H]1CN(CCOCC)S(=O)(=O)c2sc(S(N)(=O)=O)cc21. The van der Waals surface area contributed by atoms with Gasteiger partial charge in [-0.25, -0.2) is 22.0 Å². The number of thiophene rings is 1. The summed E-state index contributed by atoms with van der Waals surface area (Å²) in [6.07, 6.45) is 0.879. The van der Waals surface area contributed by atoms with E-state index in [0.29, 0.717) is 36.7 Å². The maximum Gasteiger partial charge on any atom is 0.253 e. The van der Waals surface area contributed by atoms with E-state index in [-0.39, 0.29) is 27.5 Å². The van der Waals surface area contributed by atoms with E-state index in [4.69, 9.17) is 9.88 Å². The number of primary sulfonamides is 1. The second-order valence-electron chi connectivity index (χ2n) is 5.42. The molecule has 0 unspecified atom stereocenters. The van der Waals surface area contributed by atoms with Crippen LogP contribution in [0.1, 0.15) is 31.9 Å². The van der Waals surface area contributed by atoms with E-state index in [9.17, 15) is 16.8 Å². The maximum absolute atomic E-state index is 12.8. The molecule has 0 aromatic carbocycles. The number of hydrogen-bond acceptors (Lipinski definition) is 7. The highest BCUT2D eigenvalue weighted by Crippen LogP contribution is 2.39.